The molecular weight excluding hydrogens is 315 g/mol. The lowest BCUT2D eigenvalue weighted by molar-refractivity contribution is -0.131. The van der Waals surface area contributed by atoms with Gasteiger partial charge in [0.25, 0.3) is 0 Å². The fraction of sp³-hybridized carbons (Fsp3) is 0.429. The quantitative estimate of drug-likeness (QED) is 0.898. The molecule has 21 heavy (non-hydrogen) atoms. The fourth-order valence-corrected chi connectivity index (χ4v) is 2.57. The molecule has 1 aliphatic rings. The summed E-state index contributed by atoms with van der Waals surface area (Å²) in [5.74, 6) is -0.199. The minimum atomic E-state index is -0.354. The summed E-state index contributed by atoms with van der Waals surface area (Å²) < 4.78 is 5.47. The van der Waals surface area contributed by atoms with Crippen molar-refractivity contribution in [1.82, 2.24) is 4.90 Å². The van der Waals surface area contributed by atoms with Crippen LogP contribution in [0.3, 0.4) is 0 Å². The van der Waals surface area contributed by atoms with Gasteiger partial charge in [-0.2, -0.15) is 0 Å². The van der Waals surface area contributed by atoms with Crippen LogP contribution in [0.4, 0.5) is 0 Å². The zero-order chi connectivity index (χ0) is 15.4. The van der Waals surface area contributed by atoms with Crippen molar-refractivity contribution >= 4 is 35.0 Å². The number of likely N-dealkylation sites (tertiary alicyclic amines) is 1. The van der Waals surface area contributed by atoms with Crippen LogP contribution < -0.4 is 10.5 Å². The maximum atomic E-state index is 12.0. The molecule has 1 aromatic carbocycles. The van der Waals surface area contributed by atoms with E-state index in [1.807, 2.05) is 0 Å². The van der Waals surface area contributed by atoms with Gasteiger partial charge in [0.05, 0.1) is 24.0 Å². The van der Waals surface area contributed by atoms with Crippen molar-refractivity contribution in [1.29, 1.82) is 0 Å². The van der Waals surface area contributed by atoms with Gasteiger partial charge >= 0.3 is 0 Å². The third-order valence-electron chi connectivity index (χ3n) is 3.43. The van der Waals surface area contributed by atoms with E-state index >= 15 is 0 Å². The summed E-state index contributed by atoms with van der Waals surface area (Å²) in [6, 6.07) is 5.08. The molecule has 1 aliphatic heterocycles. The average molecular weight is 331 g/mol. The lowest BCUT2D eigenvalue weighted by Crippen LogP contribution is -2.32. The maximum absolute atomic E-state index is 12.0. The molecule has 0 unspecified atom stereocenters. The van der Waals surface area contributed by atoms with Crippen LogP contribution in [0.15, 0.2) is 18.2 Å². The van der Waals surface area contributed by atoms with E-state index in [1.165, 1.54) is 0 Å². The molecule has 2 rings (SSSR count). The Hall–Kier alpha value is -1.46. The third kappa shape index (κ3) is 4.02. The van der Waals surface area contributed by atoms with E-state index in [0.717, 1.165) is 0 Å². The number of carbonyl (C=O) groups excluding carboxylic acids is 2. The van der Waals surface area contributed by atoms with E-state index in [1.54, 1.807) is 23.1 Å². The first-order valence-corrected chi connectivity index (χ1v) is 7.38. The molecule has 1 fully saturated rings. The van der Waals surface area contributed by atoms with Gasteiger partial charge in [-0.25, -0.2) is 0 Å². The highest BCUT2D eigenvalue weighted by Crippen LogP contribution is 2.31. The van der Waals surface area contributed by atoms with Crippen molar-refractivity contribution in [3.8, 4) is 5.75 Å². The van der Waals surface area contributed by atoms with Crippen LogP contribution in [0.1, 0.15) is 12.8 Å². The van der Waals surface area contributed by atoms with E-state index in [4.69, 9.17) is 33.7 Å². The van der Waals surface area contributed by atoms with E-state index in [-0.39, 0.29) is 30.8 Å². The van der Waals surface area contributed by atoms with Gasteiger partial charge in [-0.1, -0.05) is 29.3 Å². The van der Waals surface area contributed by atoms with Gasteiger partial charge < -0.3 is 15.4 Å². The second kappa shape index (κ2) is 7.00. The van der Waals surface area contributed by atoms with Crippen LogP contribution in [-0.2, 0) is 9.59 Å². The first-order chi connectivity index (χ1) is 9.99. The van der Waals surface area contributed by atoms with Crippen LogP contribution in [0.25, 0.3) is 0 Å². The Balaban J connectivity index is 1.80. The molecule has 7 heteroatoms. The summed E-state index contributed by atoms with van der Waals surface area (Å²) in [6.07, 6.45) is 0.844. The van der Waals surface area contributed by atoms with Crippen LogP contribution in [-0.4, -0.2) is 36.4 Å². The van der Waals surface area contributed by atoms with Crippen molar-refractivity contribution in [2.45, 2.75) is 12.8 Å². The van der Waals surface area contributed by atoms with E-state index < -0.39 is 0 Å². The van der Waals surface area contributed by atoms with Gasteiger partial charge in [0, 0.05) is 13.1 Å². The highest BCUT2D eigenvalue weighted by Gasteiger charge is 2.29. The summed E-state index contributed by atoms with van der Waals surface area (Å²) in [6.45, 7) is 1.16. The number of nitrogens with zero attached hydrogens (tertiary/aromatic N) is 1. The van der Waals surface area contributed by atoms with Crippen molar-refractivity contribution in [2.24, 2.45) is 11.7 Å². The van der Waals surface area contributed by atoms with Crippen LogP contribution >= 0.6 is 23.2 Å². The Kier molecular flexibility index (Phi) is 5.31. The van der Waals surface area contributed by atoms with Gasteiger partial charge in [0.1, 0.15) is 10.8 Å². The molecule has 1 aromatic rings. The zero-order valence-corrected chi connectivity index (χ0v) is 12.9. The summed E-state index contributed by atoms with van der Waals surface area (Å²) >= 11 is 11.9. The summed E-state index contributed by atoms with van der Waals surface area (Å²) in [5, 5.41) is 0.742. The molecule has 0 radical (unpaired) electrons. The Morgan fingerprint density at radius 2 is 2.14 bits per heavy atom. The van der Waals surface area contributed by atoms with Crippen molar-refractivity contribution < 1.29 is 14.3 Å². The van der Waals surface area contributed by atoms with Crippen molar-refractivity contribution in [3.05, 3.63) is 28.2 Å². The van der Waals surface area contributed by atoms with Gasteiger partial charge in [0.15, 0.2) is 0 Å². The van der Waals surface area contributed by atoms with E-state index in [2.05, 4.69) is 0 Å². The Morgan fingerprint density at radius 3 is 2.81 bits per heavy atom. The van der Waals surface area contributed by atoms with Crippen LogP contribution in [0, 0.1) is 5.92 Å². The lowest BCUT2D eigenvalue weighted by atomic mass is 10.1. The fourth-order valence-electron chi connectivity index (χ4n) is 2.22. The molecule has 1 atom stereocenters. The largest absolute Gasteiger partial charge is 0.491 e. The van der Waals surface area contributed by atoms with Gasteiger partial charge in [-0.05, 0) is 18.6 Å². The number of nitrogens with two attached hydrogens (primary N) is 1. The Labute approximate surface area is 132 Å². The number of ether oxygens (including phenoxy) is 1. The number of hydrogen-bond donors (Lipinski definition) is 1. The molecule has 5 nitrogen and oxygen atoms in total. The number of carbonyl (C=O) groups is 2. The molecule has 0 spiro atoms. The summed E-state index contributed by atoms with van der Waals surface area (Å²) in [5.41, 5.74) is 5.24. The first kappa shape index (κ1) is 15.9. The number of halogens is 2. The number of hydrogen-bond acceptors (Lipinski definition) is 3. The van der Waals surface area contributed by atoms with Crippen LogP contribution in [0.2, 0.25) is 10.0 Å². The van der Waals surface area contributed by atoms with Crippen LogP contribution in [0.5, 0.6) is 5.75 Å². The summed E-state index contributed by atoms with van der Waals surface area (Å²) in [7, 11) is 0. The SMILES string of the molecule is NC(=O)[C@H]1CCN(C(=O)CCOc2cccc(Cl)c2Cl)C1. The van der Waals surface area contributed by atoms with Crippen molar-refractivity contribution in [2.75, 3.05) is 19.7 Å². The molecular formula is C14H16Cl2N2O3. The smallest absolute Gasteiger partial charge is 0.226 e. The number of benzene rings is 1. The number of primary amides is 1. The van der Waals surface area contributed by atoms with Gasteiger partial charge in [0.2, 0.25) is 11.8 Å². The Bertz CT molecular complexity index is 551. The molecule has 0 aromatic heterocycles. The molecule has 1 heterocycles. The molecule has 0 saturated carbocycles. The molecule has 2 amide bonds. The van der Waals surface area contributed by atoms with E-state index in [0.29, 0.717) is 35.3 Å². The zero-order valence-electron chi connectivity index (χ0n) is 11.4. The minimum absolute atomic E-state index is 0.0584. The maximum Gasteiger partial charge on any atom is 0.226 e. The van der Waals surface area contributed by atoms with Crippen molar-refractivity contribution in [3.63, 3.8) is 0 Å². The number of rotatable bonds is 5. The topological polar surface area (TPSA) is 72.6 Å². The second-order valence-electron chi connectivity index (χ2n) is 4.88. The summed E-state index contributed by atoms with van der Waals surface area (Å²) in [4.78, 5) is 24.7. The molecule has 1 saturated heterocycles. The molecule has 114 valence electrons. The van der Waals surface area contributed by atoms with E-state index in [9.17, 15) is 9.59 Å². The second-order valence-corrected chi connectivity index (χ2v) is 5.66. The molecule has 0 bridgehead atoms. The molecule has 2 N–H and O–H groups in total. The third-order valence-corrected chi connectivity index (χ3v) is 4.23. The Morgan fingerprint density at radius 1 is 1.38 bits per heavy atom. The normalized spacial score (nSPS) is 17.8. The predicted molar refractivity (Wildman–Crippen MR) is 80.5 cm³/mol. The van der Waals surface area contributed by atoms with Gasteiger partial charge in [-0.15, -0.1) is 0 Å². The highest BCUT2D eigenvalue weighted by atomic mass is 35.5. The van der Waals surface area contributed by atoms with Gasteiger partial charge in [-0.3, -0.25) is 9.59 Å². The monoisotopic (exact) mass is 330 g/mol. The highest BCUT2D eigenvalue weighted by molar-refractivity contribution is 6.42. The predicted octanol–water partition coefficient (Wildman–Crippen LogP) is 2.10. The first-order valence-electron chi connectivity index (χ1n) is 6.63. The average Bonchev–Trinajstić information content (AvgIpc) is 2.93. The molecule has 0 aliphatic carbocycles. The lowest BCUT2D eigenvalue weighted by Gasteiger charge is -2.16. The number of amides is 2. The standard InChI is InChI=1S/C14H16Cl2N2O3/c15-10-2-1-3-11(13(10)16)21-7-5-12(19)18-6-4-9(8-18)14(17)20/h1-3,9H,4-8H2,(H2,17,20)/t9-/m0/s1. The minimum Gasteiger partial charge on any atom is -0.491 e.